The van der Waals surface area contributed by atoms with Crippen LogP contribution < -0.4 is 19.5 Å². The summed E-state index contributed by atoms with van der Waals surface area (Å²) in [4.78, 5) is 12.6. The third-order valence-corrected chi connectivity index (χ3v) is 3.91. The van der Waals surface area contributed by atoms with Crippen LogP contribution in [-0.4, -0.2) is 26.2 Å². The highest BCUT2D eigenvalue weighted by Crippen LogP contribution is 2.30. The molecule has 0 spiro atoms. The molecule has 1 amide bonds. The zero-order chi connectivity index (χ0) is 18.4. The summed E-state index contributed by atoms with van der Waals surface area (Å²) >= 11 is 0. The molecule has 2 aromatic rings. The van der Waals surface area contributed by atoms with Crippen molar-refractivity contribution in [2.45, 2.75) is 33.3 Å². The molecule has 0 unspecified atom stereocenters. The molecule has 0 saturated heterocycles. The highest BCUT2D eigenvalue weighted by Gasteiger charge is 2.20. The molecule has 1 N–H and O–H groups in total. The Hall–Kier alpha value is -2.69. The fourth-order valence-corrected chi connectivity index (χ4v) is 2.54. The topological polar surface area (TPSA) is 56.8 Å². The van der Waals surface area contributed by atoms with E-state index in [2.05, 4.69) is 5.32 Å². The molecular formula is C20H25NO4. The van der Waals surface area contributed by atoms with Crippen LogP contribution in [0.3, 0.4) is 0 Å². The minimum Gasteiger partial charge on any atom is -0.493 e. The van der Waals surface area contributed by atoms with Crippen LogP contribution in [0.1, 0.15) is 24.5 Å². The van der Waals surface area contributed by atoms with Gasteiger partial charge in [-0.15, -0.1) is 0 Å². The van der Waals surface area contributed by atoms with Gasteiger partial charge in [-0.3, -0.25) is 4.79 Å². The van der Waals surface area contributed by atoms with E-state index in [0.717, 1.165) is 16.9 Å². The SMILES string of the molecule is CC[C@@H](Oc1ccc(C)cc1C)C(=O)Nc1ccc(OC)c(OC)c1. The van der Waals surface area contributed by atoms with Gasteiger partial charge in [0.25, 0.3) is 5.91 Å². The van der Waals surface area contributed by atoms with E-state index in [1.807, 2.05) is 39.0 Å². The number of carbonyl (C=O) groups excluding carboxylic acids is 1. The highest BCUT2D eigenvalue weighted by molar-refractivity contribution is 5.94. The maximum absolute atomic E-state index is 12.6. The van der Waals surface area contributed by atoms with Crippen molar-refractivity contribution in [3.05, 3.63) is 47.5 Å². The van der Waals surface area contributed by atoms with Gasteiger partial charge < -0.3 is 19.5 Å². The average Bonchev–Trinajstić information content (AvgIpc) is 2.60. The smallest absolute Gasteiger partial charge is 0.265 e. The van der Waals surface area contributed by atoms with Crippen molar-refractivity contribution in [1.82, 2.24) is 0 Å². The van der Waals surface area contributed by atoms with E-state index in [1.54, 1.807) is 32.4 Å². The number of ether oxygens (including phenoxy) is 3. The number of nitrogens with one attached hydrogen (secondary N) is 1. The van der Waals surface area contributed by atoms with Gasteiger partial charge in [0.2, 0.25) is 0 Å². The standard InChI is InChI=1S/C20H25NO4/c1-6-16(25-17-9-7-13(2)11-14(17)3)20(22)21-15-8-10-18(23-4)19(12-15)24-5/h7-12,16H,6H2,1-5H3,(H,21,22)/t16-/m1/s1. The lowest BCUT2D eigenvalue weighted by Gasteiger charge is -2.19. The summed E-state index contributed by atoms with van der Waals surface area (Å²) in [5.74, 6) is 1.69. The molecule has 0 saturated carbocycles. The maximum Gasteiger partial charge on any atom is 0.265 e. The lowest BCUT2D eigenvalue weighted by molar-refractivity contribution is -0.122. The Labute approximate surface area is 148 Å². The second-order valence-electron chi connectivity index (χ2n) is 5.84. The summed E-state index contributed by atoms with van der Waals surface area (Å²) in [5.41, 5.74) is 2.80. The van der Waals surface area contributed by atoms with Crippen LogP contribution in [0.4, 0.5) is 5.69 Å². The summed E-state index contributed by atoms with van der Waals surface area (Å²) in [6.45, 7) is 5.92. The molecule has 134 valence electrons. The Bertz CT molecular complexity index is 742. The van der Waals surface area contributed by atoms with Gasteiger partial charge in [0, 0.05) is 11.8 Å². The zero-order valence-electron chi connectivity index (χ0n) is 15.4. The minimum absolute atomic E-state index is 0.199. The summed E-state index contributed by atoms with van der Waals surface area (Å²) in [6, 6.07) is 11.1. The van der Waals surface area contributed by atoms with Crippen molar-refractivity contribution < 1.29 is 19.0 Å². The lowest BCUT2D eigenvalue weighted by atomic mass is 10.1. The molecule has 0 aliphatic carbocycles. The quantitative estimate of drug-likeness (QED) is 0.822. The summed E-state index contributed by atoms with van der Waals surface area (Å²) in [6.07, 6.45) is -0.0126. The molecule has 0 radical (unpaired) electrons. The molecule has 2 aromatic carbocycles. The van der Waals surface area contributed by atoms with E-state index in [-0.39, 0.29) is 5.91 Å². The zero-order valence-corrected chi connectivity index (χ0v) is 15.4. The van der Waals surface area contributed by atoms with Crippen molar-refractivity contribution in [1.29, 1.82) is 0 Å². The van der Waals surface area contributed by atoms with Gasteiger partial charge in [-0.1, -0.05) is 24.6 Å². The Morgan fingerprint density at radius 1 is 1.00 bits per heavy atom. The third kappa shape index (κ3) is 4.66. The molecule has 0 aliphatic heterocycles. The van der Waals surface area contributed by atoms with Crippen LogP contribution in [0.5, 0.6) is 17.2 Å². The molecule has 25 heavy (non-hydrogen) atoms. The summed E-state index contributed by atoms with van der Waals surface area (Å²) in [5, 5.41) is 2.87. The normalized spacial score (nSPS) is 11.6. The first-order chi connectivity index (χ1) is 12.0. The van der Waals surface area contributed by atoms with Crippen LogP contribution >= 0.6 is 0 Å². The number of rotatable bonds is 7. The van der Waals surface area contributed by atoms with Crippen molar-refractivity contribution in [2.75, 3.05) is 19.5 Å². The molecule has 0 fully saturated rings. The first-order valence-electron chi connectivity index (χ1n) is 8.25. The number of amides is 1. The van der Waals surface area contributed by atoms with Crippen molar-refractivity contribution in [2.24, 2.45) is 0 Å². The van der Waals surface area contributed by atoms with Crippen LogP contribution in [0.15, 0.2) is 36.4 Å². The number of benzene rings is 2. The highest BCUT2D eigenvalue weighted by atomic mass is 16.5. The first-order valence-corrected chi connectivity index (χ1v) is 8.25. The second kappa shape index (κ2) is 8.42. The van der Waals surface area contributed by atoms with E-state index in [0.29, 0.717) is 23.6 Å². The summed E-state index contributed by atoms with van der Waals surface area (Å²) < 4.78 is 16.4. The predicted octanol–water partition coefficient (Wildman–Crippen LogP) is 4.12. The Morgan fingerprint density at radius 3 is 2.28 bits per heavy atom. The van der Waals surface area contributed by atoms with Crippen LogP contribution in [0.2, 0.25) is 0 Å². The summed E-state index contributed by atoms with van der Waals surface area (Å²) in [7, 11) is 3.13. The van der Waals surface area contributed by atoms with E-state index >= 15 is 0 Å². The number of hydrogen-bond donors (Lipinski definition) is 1. The Kier molecular flexibility index (Phi) is 6.28. The van der Waals surface area contributed by atoms with Crippen LogP contribution in [0.25, 0.3) is 0 Å². The maximum atomic E-state index is 12.6. The van der Waals surface area contributed by atoms with Gasteiger partial charge in [-0.25, -0.2) is 0 Å². The molecule has 5 nitrogen and oxygen atoms in total. The average molecular weight is 343 g/mol. The first kappa shape index (κ1) is 18.6. The number of aryl methyl sites for hydroxylation is 2. The van der Waals surface area contributed by atoms with Gasteiger partial charge in [-0.2, -0.15) is 0 Å². The van der Waals surface area contributed by atoms with E-state index < -0.39 is 6.10 Å². The monoisotopic (exact) mass is 343 g/mol. The van der Waals surface area contributed by atoms with Crippen LogP contribution in [0, 0.1) is 13.8 Å². The number of hydrogen-bond acceptors (Lipinski definition) is 4. The minimum atomic E-state index is -0.575. The predicted molar refractivity (Wildman–Crippen MR) is 98.8 cm³/mol. The number of anilines is 1. The van der Waals surface area contributed by atoms with Crippen molar-refractivity contribution in [3.8, 4) is 17.2 Å². The molecule has 2 rings (SSSR count). The fraction of sp³-hybridized carbons (Fsp3) is 0.350. The van der Waals surface area contributed by atoms with Gasteiger partial charge in [0.15, 0.2) is 17.6 Å². The molecular weight excluding hydrogens is 318 g/mol. The van der Waals surface area contributed by atoms with Crippen LogP contribution in [-0.2, 0) is 4.79 Å². The second-order valence-corrected chi connectivity index (χ2v) is 5.84. The lowest BCUT2D eigenvalue weighted by Crippen LogP contribution is -2.32. The molecule has 1 atom stereocenters. The van der Waals surface area contributed by atoms with Gasteiger partial charge in [-0.05, 0) is 44.0 Å². The molecule has 5 heteroatoms. The van der Waals surface area contributed by atoms with E-state index in [4.69, 9.17) is 14.2 Å². The fourth-order valence-electron chi connectivity index (χ4n) is 2.54. The molecule has 0 aliphatic rings. The third-order valence-electron chi connectivity index (χ3n) is 3.91. The van der Waals surface area contributed by atoms with E-state index in [1.165, 1.54) is 0 Å². The van der Waals surface area contributed by atoms with Crippen molar-refractivity contribution in [3.63, 3.8) is 0 Å². The van der Waals surface area contributed by atoms with Gasteiger partial charge >= 0.3 is 0 Å². The molecule has 0 heterocycles. The molecule has 0 aromatic heterocycles. The van der Waals surface area contributed by atoms with Gasteiger partial charge in [0.1, 0.15) is 5.75 Å². The largest absolute Gasteiger partial charge is 0.493 e. The van der Waals surface area contributed by atoms with Gasteiger partial charge in [0.05, 0.1) is 14.2 Å². The van der Waals surface area contributed by atoms with Crippen molar-refractivity contribution >= 4 is 11.6 Å². The molecule has 0 bridgehead atoms. The Balaban J connectivity index is 2.12. The van der Waals surface area contributed by atoms with E-state index in [9.17, 15) is 4.79 Å². The number of methoxy groups -OCH3 is 2. The number of carbonyl (C=O) groups is 1. The Morgan fingerprint density at radius 2 is 1.68 bits per heavy atom.